The first-order valence-corrected chi connectivity index (χ1v) is 6.95. The van der Waals surface area contributed by atoms with Gasteiger partial charge >= 0.3 is 0 Å². The summed E-state index contributed by atoms with van der Waals surface area (Å²) in [6.07, 6.45) is 0.714. The van der Waals surface area contributed by atoms with Crippen molar-refractivity contribution in [1.82, 2.24) is 0 Å². The number of nitrogens with one attached hydrogen (secondary N) is 1. The Morgan fingerprint density at radius 3 is 2.76 bits per heavy atom. The lowest BCUT2D eigenvalue weighted by atomic mass is 9.77. The van der Waals surface area contributed by atoms with Crippen LogP contribution in [0.1, 0.15) is 22.6 Å². The van der Waals surface area contributed by atoms with Gasteiger partial charge in [-0.05, 0) is 35.7 Å². The fraction of sp³-hybridized carbons (Fsp3) is 0.125. The zero-order chi connectivity index (χ0) is 15.0. The van der Waals surface area contributed by atoms with Gasteiger partial charge in [-0.25, -0.2) is 4.39 Å². The summed E-state index contributed by atoms with van der Waals surface area (Å²) in [4.78, 5) is 12.4. The van der Waals surface area contributed by atoms with Crippen molar-refractivity contribution in [2.24, 2.45) is 5.73 Å². The van der Waals surface area contributed by atoms with Gasteiger partial charge in [0.1, 0.15) is 10.8 Å². The van der Waals surface area contributed by atoms with E-state index >= 15 is 0 Å². The highest BCUT2D eigenvalue weighted by atomic mass is 32.1. The van der Waals surface area contributed by atoms with Gasteiger partial charge in [-0.1, -0.05) is 36.5 Å². The topological polar surface area (TPSA) is 55.1 Å². The molecule has 21 heavy (non-hydrogen) atoms. The van der Waals surface area contributed by atoms with Crippen molar-refractivity contribution in [3.05, 3.63) is 65.0 Å². The number of benzene rings is 2. The van der Waals surface area contributed by atoms with Crippen LogP contribution in [0.4, 0.5) is 10.1 Å². The summed E-state index contributed by atoms with van der Waals surface area (Å²) in [7, 11) is 0. The monoisotopic (exact) mass is 300 g/mol. The number of hydrogen-bond acceptors (Lipinski definition) is 2. The molecule has 0 fully saturated rings. The SMILES string of the molecule is NC(=S)c1cc(F)ccc1NC(=O)C1Cc2ccccc21. The van der Waals surface area contributed by atoms with Gasteiger partial charge in [0.05, 0.1) is 11.6 Å². The predicted octanol–water partition coefficient (Wildman–Crippen LogP) is 2.74. The average molecular weight is 300 g/mol. The molecular formula is C16H13FN2OS. The zero-order valence-electron chi connectivity index (χ0n) is 11.1. The molecule has 0 saturated carbocycles. The minimum Gasteiger partial charge on any atom is -0.389 e. The maximum absolute atomic E-state index is 13.3. The van der Waals surface area contributed by atoms with E-state index in [9.17, 15) is 9.18 Å². The molecule has 2 aromatic carbocycles. The van der Waals surface area contributed by atoms with Gasteiger partial charge in [0.15, 0.2) is 0 Å². The molecule has 0 heterocycles. The standard InChI is InChI=1S/C16H13FN2OS/c17-10-5-6-14(13(8-10)15(18)21)19-16(20)12-7-9-3-1-2-4-11(9)12/h1-6,8,12H,7H2,(H2,18,21)(H,19,20). The van der Waals surface area contributed by atoms with E-state index in [0.29, 0.717) is 17.7 Å². The minimum atomic E-state index is -0.440. The third kappa shape index (κ3) is 2.52. The zero-order valence-corrected chi connectivity index (χ0v) is 11.9. The summed E-state index contributed by atoms with van der Waals surface area (Å²) >= 11 is 4.89. The molecule has 0 aliphatic heterocycles. The molecule has 3 nitrogen and oxygen atoms in total. The van der Waals surface area contributed by atoms with Gasteiger partial charge in [-0.3, -0.25) is 4.79 Å². The Balaban J connectivity index is 1.82. The van der Waals surface area contributed by atoms with Crippen molar-refractivity contribution in [3.8, 4) is 0 Å². The lowest BCUT2D eigenvalue weighted by molar-refractivity contribution is -0.118. The Labute approximate surface area is 127 Å². The third-order valence-electron chi connectivity index (χ3n) is 3.68. The second kappa shape index (κ2) is 5.26. The van der Waals surface area contributed by atoms with Crippen LogP contribution in [0.25, 0.3) is 0 Å². The number of halogens is 1. The molecule has 3 N–H and O–H groups in total. The van der Waals surface area contributed by atoms with Crippen LogP contribution < -0.4 is 11.1 Å². The van der Waals surface area contributed by atoms with E-state index in [2.05, 4.69) is 5.32 Å². The Hall–Kier alpha value is -2.27. The fourth-order valence-corrected chi connectivity index (χ4v) is 2.71. The van der Waals surface area contributed by atoms with E-state index in [1.165, 1.54) is 23.8 Å². The third-order valence-corrected chi connectivity index (χ3v) is 3.90. The Morgan fingerprint density at radius 2 is 2.05 bits per heavy atom. The molecule has 1 aliphatic rings. The smallest absolute Gasteiger partial charge is 0.232 e. The number of carbonyl (C=O) groups is 1. The van der Waals surface area contributed by atoms with Crippen LogP contribution in [0, 0.1) is 5.82 Å². The van der Waals surface area contributed by atoms with Gasteiger partial charge < -0.3 is 11.1 Å². The molecule has 0 aromatic heterocycles. The van der Waals surface area contributed by atoms with E-state index in [1.54, 1.807) is 0 Å². The van der Waals surface area contributed by atoms with Crippen molar-refractivity contribution in [2.45, 2.75) is 12.3 Å². The van der Waals surface area contributed by atoms with Crippen molar-refractivity contribution in [3.63, 3.8) is 0 Å². The molecule has 1 atom stereocenters. The lowest BCUT2D eigenvalue weighted by Crippen LogP contribution is -2.30. The molecule has 0 spiro atoms. The molecule has 0 saturated heterocycles. The van der Waals surface area contributed by atoms with Crippen LogP contribution in [0.5, 0.6) is 0 Å². The van der Waals surface area contributed by atoms with Crippen LogP contribution in [-0.4, -0.2) is 10.9 Å². The average Bonchev–Trinajstić information content (AvgIpc) is 2.42. The largest absolute Gasteiger partial charge is 0.389 e. The van der Waals surface area contributed by atoms with Crippen LogP contribution in [0.15, 0.2) is 42.5 Å². The van der Waals surface area contributed by atoms with Crippen molar-refractivity contribution in [1.29, 1.82) is 0 Å². The summed E-state index contributed by atoms with van der Waals surface area (Å²) in [5.41, 5.74) is 8.58. The summed E-state index contributed by atoms with van der Waals surface area (Å²) in [6.45, 7) is 0. The van der Waals surface area contributed by atoms with Crippen molar-refractivity contribution in [2.75, 3.05) is 5.32 Å². The first kappa shape index (κ1) is 13.7. The van der Waals surface area contributed by atoms with Crippen molar-refractivity contribution >= 4 is 28.8 Å². The molecule has 2 aromatic rings. The van der Waals surface area contributed by atoms with Crippen LogP contribution in [-0.2, 0) is 11.2 Å². The van der Waals surface area contributed by atoms with E-state index in [1.807, 2.05) is 24.3 Å². The highest BCUT2D eigenvalue weighted by Gasteiger charge is 2.32. The molecule has 5 heteroatoms. The first-order valence-electron chi connectivity index (χ1n) is 6.54. The van der Waals surface area contributed by atoms with Crippen LogP contribution >= 0.6 is 12.2 Å². The van der Waals surface area contributed by atoms with E-state index in [4.69, 9.17) is 18.0 Å². The van der Waals surface area contributed by atoms with Crippen LogP contribution in [0.2, 0.25) is 0 Å². The van der Waals surface area contributed by atoms with Crippen LogP contribution in [0.3, 0.4) is 0 Å². The van der Waals surface area contributed by atoms with Gasteiger partial charge in [0.25, 0.3) is 0 Å². The molecule has 1 unspecified atom stereocenters. The molecule has 106 valence electrons. The molecule has 0 radical (unpaired) electrons. The quantitative estimate of drug-likeness (QED) is 0.857. The number of nitrogens with two attached hydrogens (primary N) is 1. The Morgan fingerprint density at radius 1 is 1.29 bits per heavy atom. The number of hydrogen-bond donors (Lipinski definition) is 2. The second-order valence-electron chi connectivity index (χ2n) is 5.00. The van der Waals surface area contributed by atoms with Crippen molar-refractivity contribution < 1.29 is 9.18 Å². The van der Waals surface area contributed by atoms with Gasteiger partial charge in [-0.2, -0.15) is 0 Å². The Bertz CT molecular complexity index is 745. The normalized spacial score (nSPS) is 15.8. The highest BCUT2D eigenvalue weighted by Crippen LogP contribution is 2.35. The fourth-order valence-electron chi connectivity index (χ4n) is 2.54. The van der Waals surface area contributed by atoms with E-state index in [0.717, 1.165) is 5.56 Å². The highest BCUT2D eigenvalue weighted by molar-refractivity contribution is 7.80. The Kier molecular flexibility index (Phi) is 3.43. The number of thiocarbonyl (C=S) groups is 1. The molecule has 1 aliphatic carbocycles. The second-order valence-corrected chi connectivity index (χ2v) is 5.44. The number of rotatable bonds is 3. The van der Waals surface area contributed by atoms with Gasteiger partial charge in [0, 0.05) is 5.56 Å². The maximum Gasteiger partial charge on any atom is 0.232 e. The minimum absolute atomic E-state index is 0.0545. The number of anilines is 1. The maximum atomic E-state index is 13.3. The molecule has 1 amide bonds. The van der Waals surface area contributed by atoms with E-state index in [-0.39, 0.29) is 16.8 Å². The van der Waals surface area contributed by atoms with E-state index < -0.39 is 5.82 Å². The summed E-state index contributed by atoms with van der Waals surface area (Å²) in [6, 6.07) is 11.8. The number of fused-ring (bicyclic) bond motifs is 1. The predicted molar refractivity (Wildman–Crippen MR) is 83.8 cm³/mol. The number of carbonyl (C=O) groups excluding carboxylic acids is 1. The molecule has 3 rings (SSSR count). The van der Waals surface area contributed by atoms with Gasteiger partial charge in [-0.15, -0.1) is 0 Å². The summed E-state index contributed by atoms with van der Waals surface area (Å²) in [5, 5.41) is 2.79. The molecular weight excluding hydrogens is 287 g/mol. The summed E-state index contributed by atoms with van der Waals surface area (Å²) < 4.78 is 13.3. The summed E-state index contributed by atoms with van der Waals surface area (Å²) in [5.74, 6) is -0.743. The number of amides is 1. The first-order chi connectivity index (χ1) is 10.1. The molecule has 0 bridgehead atoms. The lowest BCUT2D eigenvalue weighted by Gasteiger charge is -2.29. The van der Waals surface area contributed by atoms with Gasteiger partial charge in [0.2, 0.25) is 5.91 Å².